The second kappa shape index (κ2) is 12.5. The normalized spacial score (nSPS) is 13.7. The van der Waals surface area contributed by atoms with E-state index in [4.69, 9.17) is 0 Å². The fourth-order valence-electron chi connectivity index (χ4n) is 4.62. The van der Waals surface area contributed by atoms with Crippen LogP contribution >= 0.6 is 0 Å². The number of carbonyl (C=O) groups is 2. The molecule has 3 N–H and O–H groups in total. The highest BCUT2D eigenvalue weighted by molar-refractivity contribution is 6.04. The van der Waals surface area contributed by atoms with Crippen LogP contribution in [0.15, 0.2) is 72.9 Å². The third kappa shape index (κ3) is 7.86. The number of hydrogen-bond acceptors (Lipinski definition) is 7. The summed E-state index contributed by atoms with van der Waals surface area (Å²) < 4.78 is 41.4. The Morgan fingerprint density at radius 1 is 1.02 bits per heavy atom. The van der Waals surface area contributed by atoms with Crippen molar-refractivity contribution in [3.63, 3.8) is 0 Å². The number of halogens is 3. The minimum atomic E-state index is -4.77. The molecule has 0 saturated carbocycles. The molecule has 0 radical (unpaired) electrons. The van der Waals surface area contributed by atoms with E-state index in [-0.39, 0.29) is 23.5 Å². The van der Waals surface area contributed by atoms with Gasteiger partial charge in [-0.2, -0.15) is 0 Å². The van der Waals surface area contributed by atoms with Crippen LogP contribution in [0.25, 0.3) is 11.3 Å². The first-order valence-electron chi connectivity index (χ1n) is 13.5. The van der Waals surface area contributed by atoms with Crippen molar-refractivity contribution in [2.75, 3.05) is 30.3 Å². The Kier molecular flexibility index (Phi) is 8.58. The molecule has 2 amide bonds. The number of hydrogen-bond donors (Lipinski definition) is 3. The van der Waals surface area contributed by atoms with E-state index in [2.05, 4.69) is 35.6 Å². The van der Waals surface area contributed by atoms with Crippen LogP contribution in [0.4, 0.5) is 30.5 Å². The molecule has 1 fully saturated rings. The van der Waals surface area contributed by atoms with E-state index in [9.17, 15) is 22.8 Å². The van der Waals surface area contributed by atoms with Crippen molar-refractivity contribution in [2.24, 2.45) is 0 Å². The number of nitrogens with one attached hydrogen (secondary N) is 3. The van der Waals surface area contributed by atoms with Crippen LogP contribution in [0.2, 0.25) is 0 Å². The average molecular weight is 591 g/mol. The zero-order chi connectivity index (χ0) is 30.6. The minimum Gasteiger partial charge on any atom is -0.406 e. The van der Waals surface area contributed by atoms with Crippen LogP contribution in [0.5, 0.6) is 5.75 Å². The summed E-state index contributed by atoms with van der Waals surface area (Å²) in [6.45, 7) is 6.06. The molecule has 3 aromatic carbocycles. The number of alkyl halides is 3. The van der Waals surface area contributed by atoms with E-state index >= 15 is 0 Å². The van der Waals surface area contributed by atoms with Crippen molar-refractivity contribution in [3.8, 4) is 17.0 Å². The molecule has 0 bridgehead atoms. The van der Waals surface area contributed by atoms with Gasteiger partial charge in [0.1, 0.15) is 5.75 Å². The van der Waals surface area contributed by atoms with Gasteiger partial charge in [0.15, 0.2) is 0 Å². The van der Waals surface area contributed by atoms with E-state index in [1.54, 1.807) is 37.4 Å². The highest BCUT2D eigenvalue weighted by atomic mass is 19.4. The summed E-state index contributed by atoms with van der Waals surface area (Å²) in [4.78, 5) is 35.6. The second-order valence-corrected chi connectivity index (χ2v) is 10.2. The lowest BCUT2D eigenvalue weighted by molar-refractivity contribution is -0.274. The number of ether oxygens (including phenoxy) is 1. The Balaban J connectivity index is 1.23. The molecule has 12 heteroatoms. The van der Waals surface area contributed by atoms with E-state index in [0.717, 1.165) is 23.2 Å². The lowest BCUT2D eigenvalue weighted by Crippen LogP contribution is -2.47. The summed E-state index contributed by atoms with van der Waals surface area (Å²) in [5, 5.41) is 8.89. The zero-order valence-corrected chi connectivity index (χ0v) is 23.5. The highest BCUT2D eigenvalue weighted by Crippen LogP contribution is 2.28. The maximum atomic E-state index is 13.0. The van der Waals surface area contributed by atoms with Gasteiger partial charge in [0.05, 0.1) is 12.2 Å². The first-order chi connectivity index (χ1) is 20.5. The van der Waals surface area contributed by atoms with Gasteiger partial charge in [-0.25, -0.2) is 9.97 Å². The van der Waals surface area contributed by atoms with Crippen LogP contribution in [0.1, 0.15) is 27.0 Å². The maximum absolute atomic E-state index is 13.0. The Hall–Kier alpha value is -4.97. The molecule has 0 atom stereocenters. The summed E-state index contributed by atoms with van der Waals surface area (Å²) >= 11 is 0. The number of piperazine rings is 1. The molecule has 1 aliphatic rings. The molecule has 222 valence electrons. The third-order valence-corrected chi connectivity index (χ3v) is 6.81. The topological polar surface area (TPSA) is 108 Å². The Labute approximate surface area is 246 Å². The molecular weight excluding hydrogens is 561 g/mol. The molecule has 0 spiro atoms. The molecule has 2 heterocycles. The second-order valence-electron chi connectivity index (χ2n) is 10.2. The summed E-state index contributed by atoms with van der Waals surface area (Å²) in [5.74, 6) is -0.295. The lowest BCUT2D eigenvalue weighted by atomic mass is 10.1. The van der Waals surface area contributed by atoms with Crippen molar-refractivity contribution in [1.29, 1.82) is 0 Å². The van der Waals surface area contributed by atoms with Gasteiger partial charge in [0.25, 0.3) is 5.91 Å². The molecule has 0 unspecified atom stereocenters. The van der Waals surface area contributed by atoms with Crippen LogP contribution in [-0.2, 0) is 11.3 Å². The number of anilines is 3. The molecule has 4 aromatic rings. The van der Waals surface area contributed by atoms with Gasteiger partial charge >= 0.3 is 6.36 Å². The first kappa shape index (κ1) is 29.5. The van der Waals surface area contributed by atoms with Gasteiger partial charge in [0.2, 0.25) is 11.9 Å². The standard InChI is InChI=1S/C31H29F3N6O3/c1-19-3-4-21(17-40-14-13-35-27(41)18-40)15-26(19)38-29(42)23-5-9-24(10-6-23)37-30-36-16-20(2)28(39-30)22-7-11-25(12-8-22)43-31(32,33)34/h3-12,15-16H,13-14,17-18H2,1-2H3,(H,35,41)(H,38,42)(H,36,37,39). The number of amides is 2. The van der Waals surface area contributed by atoms with Crippen molar-refractivity contribution < 1.29 is 27.5 Å². The molecule has 5 rings (SSSR count). The van der Waals surface area contributed by atoms with Crippen LogP contribution < -0.4 is 20.7 Å². The largest absolute Gasteiger partial charge is 0.573 e. The van der Waals surface area contributed by atoms with Gasteiger partial charge in [-0.1, -0.05) is 12.1 Å². The SMILES string of the molecule is Cc1ccc(CN2CCNC(=O)C2)cc1NC(=O)c1ccc(Nc2ncc(C)c(-c3ccc(OC(F)(F)F)cc3)n2)cc1. The predicted octanol–water partition coefficient (Wildman–Crippen LogP) is 5.59. The number of rotatable bonds is 8. The van der Waals surface area contributed by atoms with E-state index in [0.29, 0.717) is 47.8 Å². The first-order valence-corrected chi connectivity index (χ1v) is 13.5. The molecule has 1 aliphatic heterocycles. The third-order valence-electron chi connectivity index (χ3n) is 6.81. The number of nitrogens with zero attached hydrogens (tertiary/aromatic N) is 3. The Morgan fingerprint density at radius 3 is 2.47 bits per heavy atom. The molecule has 0 aliphatic carbocycles. The fraction of sp³-hybridized carbons (Fsp3) is 0.226. The summed E-state index contributed by atoms with van der Waals surface area (Å²) in [6, 6.07) is 18.1. The summed E-state index contributed by atoms with van der Waals surface area (Å²) in [7, 11) is 0. The maximum Gasteiger partial charge on any atom is 0.573 e. The smallest absolute Gasteiger partial charge is 0.406 e. The molecule has 9 nitrogen and oxygen atoms in total. The quantitative estimate of drug-likeness (QED) is 0.246. The highest BCUT2D eigenvalue weighted by Gasteiger charge is 2.31. The van der Waals surface area contributed by atoms with Crippen molar-refractivity contribution in [3.05, 3.63) is 95.2 Å². The van der Waals surface area contributed by atoms with Gasteiger partial charge in [-0.15, -0.1) is 13.2 Å². The summed E-state index contributed by atoms with van der Waals surface area (Å²) in [5.41, 5.74) is 5.60. The Bertz CT molecular complexity index is 1630. The molecular formula is C31H29F3N6O3. The zero-order valence-electron chi connectivity index (χ0n) is 23.5. The van der Waals surface area contributed by atoms with Crippen LogP contribution in [0.3, 0.4) is 0 Å². The average Bonchev–Trinajstić information content (AvgIpc) is 2.96. The van der Waals surface area contributed by atoms with Crippen molar-refractivity contribution >= 4 is 29.1 Å². The predicted molar refractivity (Wildman–Crippen MR) is 156 cm³/mol. The lowest BCUT2D eigenvalue weighted by Gasteiger charge is -2.26. The molecule has 1 aromatic heterocycles. The van der Waals surface area contributed by atoms with Crippen molar-refractivity contribution in [2.45, 2.75) is 26.8 Å². The van der Waals surface area contributed by atoms with Gasteiger partial charge < -0.3 is 20.7 Å². The van der Waals surface area contributed by atoms with Crippen LogP contribution in [-0.4, -0.2) is 52.7 Å². The van der Waals surface area contributed by atoms with Gasteiger partial charge in [-0.05, 0) is 85.1 Å². The monoisotopic (exact) mass is 590 g/mol. The molecule has 1 saturated heterocycles. The van der Waals surface area contributed by atoms with Gasteiger partial charge in [-0.3, -0.25) is 14.5 Å². The van der Waals surface area contributed by atoms with E-state index < -0.39 is 6.36 Å². The number of benzene rings is 3. The van der Waals surface area contributed by atoms with E-state index in [1.165, 1.54) is 24.3 Å². The van der Waals surface area contributed by atoms with Gasteiger partial charge in [0, 0.05) is 48.3 Å². The number of aromatic nitrogens is 2. The minimum absolute atomic E-state index is 0.00681. The fourth-order valence-corrected chi connectivity index (χ4v) is 4.62. The van der Waals surface area contributed by atoms with Crippen molar-refractivity contribution in [1.82, 2.24) is 20.2 Å². The van der Waals surface area contributed by atoms with Crippen LogP contribution in [0, 0.1) is 13.8 Å². The Morgan fingerprint density at radius 2 is 1.77 bits per heavy atom. The van der Waals surface area contributed by atoms with E-state index in [1.807, 2.05) is 25.1 Å². The number of aryl methyl sites for hydroxylation is 2. The summed E-state index contributed by atoms with van der Waals surface area (Å²) in [6.07, 6.45) is -3.15. The number of carbonyl (C=O) groups excluding carboxylic acids is 2. The molecule has 43 heavy (non-hydrogen) atoms.